The van der Waals surface area contributed by atoms with E-state index in [1.54, 1.807) is 18.5 Å². The van der Waals surface area contributed by atoms with Crippen LogP contribution in [0.25, 0.3) is 16.7 Å². The van der Waals surface area contributed by atoms with E-state index in [2.05, 4.69) is 22.1 Å². The first-order chi connectivity index (χ1) is 16.7. The van der Waals surface area contributed by atoms with E-state index >= 15 is 0 Å². The van der Waals surface area contributed by atoms with Gasteiger partial charge in [-0.3, -0.25) is 14.8 Å². The molecule has 0 radical (unpaired) electrons. The van der Waals surface area contributed by atoms with Gasteiger partial charge in [0.05, 0.1) is 24.2 Å². The molecule has 0 saturated carbocycles. The predicted molar refractivity (Wildman–Crippen MR) is 130 cm³/mol. The fourth-order valence-electron chi connectivity index (χ4n) is 3.93. The molecule has 34 heavy (non-hydrogen) atoms. The highest BCUT2D eigenvalue weighted by molar-refractivity contribution is 5.86. The Balaban J connectivity index is 1.25. The van der Waals surface area contributed by atoms with Gasteiger partial charge in [-0.2, -0.15) is 0 Å². The van der Waals surface area contributed by atoms with E-state index in [1.807, 2.05) is 65.2 Å². The molecule has 2 heterocycles. The standard InChI is InChI=1S/C26H26N4O4/c1-19(29-13-15-32-16-14-29)33-23-11-12-25-24(17-23)27-18-30(25)21-9-7-20(8-10-21)28-26(31)34-22-5-3-2-4-6-22/h2-12,17-19H,13-16H2,1H3,(H,28,31). The number of rotatable bonds is 6. The maximum atomic E-state index is 12.1. The lowest BCUT2D eigenvalue weighted by Crippen LogP contribution is -2.44. The summed E-state index contributed by atoms with van der Waals surface area (Å²) in [4.78, 5) is 18.9. The molecule has 0 spiro atoms. The molecule has 5 rings (SSSR count). The largest absolute Gasteiger partial charge is 0.475 e. The van der Waals surface area contributed by atoms with Crippen LogP contribution in [0.15, 0.2) is 79.1 Å². The Morgan fingerprint density at radius 3 is 2.53 bits per heavy atom. The minimum absolute atomic E-state index is 0.0305. The number of anilines is 1. The van der Waals surface area contributed by atoms with Crippen LogP contribution in [0, 0.1) is 0 Å². The number of nitrogens with zero attached hydrogens (tertiary/aromatic N) is 3. The summed E-state index contributed by atoms with van der Waals surface area (Å²) >= 11 is 0. The van der Waals surface area contributed by atoms with Gasteiger partial charge in [0.2, 0.25) is 0 Å². The van der Waals surface area contributed by atoms with Crippen LogP contribution in [0.3, 0.4) is 0 Å². The summed E-state index contributed by atoms with van der Waals surface area (Å²) in [5.41, 5.74) is 3.39. The quantitative estimate of drug-likeness (QED) is 0.452. The summed E-state index contributed by atoms with van der Waals surface area (Å²) in [5, 5.41) is 2.74. The third-order valence-electron chi connectivity index (χ3n) is 5.73. The minimum atomic E-state index is -0.536. The molecule has 0 bridgehead atoms. The van der Waals surface area contributed by atoms with Crippen molar-refractivity contribution in [3.63, 3.8) is 0 Å². The number of amides is 1. The average Bonchev–Trinajstić information content (AvgIpc) is 3.29. The zero-order valence-electron chi connectivity index (χ0n) is 18.9. The molecule has 0 aliphatic carbocycles. The lowest BCUT2D eigenvalue weighted by molar-refractivity contribution is -0.0372. The molecule has 8 heteroatoms. The van der Waals surface area contributed by atoms with Crippen LogP contribution in [0.4, 0.5) is 10.5 Å². The highest BCUT2D eigenvalue weighted by Gasteiger charge is 2.18. The second-order valence-electron chi connectivity index (χ2n) is 8.01. The highest BCUT2D eigenvalue weighted by Crippen LogP contribution is 2.25. The van der Waals surface area contributed by atoms with E-state index < -0.39 is 6.09 Å². The van der Waals surface area contributed by atoms with Gasteiger partial charge in [-0.1, -0.05) is 18.2 Å². The van der Waals surface area contributed by atoms with Crippen LogP contribution in [0.1, 0.15) is 6.92 Å². The monoisotopic (exact) mass is 458 g/mol. The highest BCUT2D eigenvalue weighted by atomic mass is 16.6. The van der Waals surface area contributed by atoms with Crippen LogP contribution in [0.5, 0.6) is 11.5 Å². The summed E-state index contributed by atoms with van der Waals surface area (Å²) in [5.74, 6) is 1.28. The molecule has 1 aliphatic heterocycles. The molecule has 174 valence electrons. The van der Waals surface area contributed by atoms with Crippen molar-refractivity contribution in [3.8, 4) is 17.2 Å². The third kappa shape index (κ3) is 5.03. The Morgan fingerprint density at radius 1 is 1.00 bits per heavy atom. The van der Waals surface area contributed by atoms with Gasteiger partial charge in [-0.05, 0) is 55.5 Å². The van der Waals surface area contributed by atoms with Gasteiger partial charge >= 0.3 is 6.09 Å². The molecule has 3 aromatic carbocycles. The van der Waals surface area contributed by atoms with Crippen molar-refractivity contribution in [3.05, 3.63) is 79.1 Å². The number of morpholine rings is 1. The molecule has 1 fully saturated rings. The van der Waals surface area contributed by atoms with Crippen LogP contribution in [-0.2, 0) is 4.74 Å². The number of fused-ring (bicyclic) bond motifs is 1. The Hall–Kier alpha value is -3.88. The van der Waals surface area contributed by atoms with Gasteiger partial charge in [-0.15, -0.1) is 0 Å². The van der Waals surface area contributed by atoms with Crippen molar-refractivity contribution in [1.82, 2.24) is 14.5 Å². The Labute approximate surface area is 197 Å². The Morgan fingerprint density at radius 2 is 1.76 bits per heavy atom. The van der Waals surface area contributed by atoms with Crippen molar-refractivity contribution in [2.45, 2.75) is 13.2 Å². The van der Waals surface area contributed by atoms with Crippen LogP contribution < -0.4 is 14.8 Å². The van der Waals surface area contributed by atoms with Gasteiger partial charge in [-0.25, -0.2) is 9.78 Å². The number of benzene rings is 3. The Kier molecular flexibility index (Phi) is 6.42. The first-order valence-corrected chi connectivity index (χ1v) is 11.3. The number of hydrogen-bond acceptors (Lipinski definition) is 6. The summed E-state index contributed by atoms with van der Waals surface area (Å²) < 4.78 is 18.8. The number of nitrogens with one attached hydrogen (secondary N) is 1. The van der Waals surface area contributed by atoms with Gasteiger partial charge in [0, 0.05) is 30.5 Å². The molecule has 1 aliphatic rings. The normalized spacial score (nSPS) is 15.1. The van der Waals surface area contributed by atoms with E-state index in [0.717, 1.165) is 48.8 Å². The number of carbonyl (C=O) groups excluding carboxylic acids is 1. The number of ether oxygens (including phenoxy) is 3. The lowest BCUT2D eigenvalue weighted by Gasteiger charge is -2.32. The molecule has 1 unspecified atom stereocenters. The number of aromatic nitrogens is 2. The van der Waals surface area contributed by atoms with Gasteiger partial charge in [0.15, 0.2) is 0 Å². The zero-order valence-corrected chi connectivity index (χ0v) is 18.9. The van der Waals surface area contributed by atoms with Gasteiger partial charge in [0.25, 0.3) is 0 Å². The van der Waals surface area contributed by atoms with Gasteiger partial charge < -0.3 is 14.2 Å². The topological polar surface area (TPSA) is 77.8 Å². The summed E-state index contributed by atoms with van der Waals surface area (Å²) in [6.07, 6.45) is 1.22. The third-order valence-corrected chi connectivity index (χ3v) is 5.73. The molecular weight excluding hydrogens is 432 g/mol. The second kappa shape index (κ2) is 9.94. The molecule has 1 aromatic heterocycles. The van der Waals surface area contributed by atoms with Crippen molar-refractivity contribution >= 4 is 22.8 Å². The maximum Gasteiger partial charge on any atom is 0.417 e. The number of para-hydroxylation sites is 1. The average molecular weight is 459 g/mol. The van der Waals surface area contributed by atoms with Gasteiger partial charge in [0.1, 0.15) is 24.1 Å². The smallest absolute Gasteiger partial charge is 0.417 e. The van der Waals surface area contributed by atoms with Crippen molar-refractivity contribution in [1.29, 1.82) is 0 Å². The first-order valence-electron chi connectivity index (χ1n) is 11.3. The molecule has 1 atom stereocenters. The van der Waals surface area contributed by atoms with Crippen molar-refractivity contribution in [2.75, 3.05) is 31.6 Å². The van der Waals surface area contributed by atoms with Crippen LogP contribution in [0.2, 0.25) is 0 Å². The van der Waals surface area contributed by atoms with Crippen molar-refractivity contribution < 1.29 is 19.0 Å². The number of carbonyl (C=O) groups is 1. The van der Waals surface area contributed by atoms with E-state index in [-0.39, 0.29) is 6.23 Å². The maximum absolute atomic E-state index is 12.1. The number of imidazole rings is 1. The van der Waals surface area contributed by atoms with Crippen LogP contribution >= 0.6 is 0 Å². The number of hydrogen-bond donors (Lipinski definition) is 1. The molecule has 1 saturated heterocycles. The predicted octanol–water partition coefficient (Wildman–Crippen LogP) is 4.69. The summed E-state index contributed by atoms with van der Waals surface area (Å²) in [6.45, 7) is 5.26. The van der Waals surface area contributed by atoms with E-state index in [1.165, 1.54) is 0 Å². The van der Waals surface area contributed by atoms with Crippen molar-refractivity contribution in [2.24, 2.45) is 0 Å². The summed E-state index contributed by atoms with van der Waals surface area (Å²) in [6, 6.07) is 22.4. The van der Waals surface area contributed by atoms with E-state index in [0.29, 0.717) is 11.4 Å². The minimum Gasteiger partial charge on any atom is -0.475 e. The fraction of sp³-hybridized carbons (Fsp3) is 0.231. The molecular formula is C26H26N4O4. The van der Waals surface area contributed by atoms with Crippen LogP contribution in [-0.4, -0.2) is 53.1 Å². The molecule has 1 amide bonds. The molecule has 4 aromatic rings. The van der Waals surface area contributed by atoms with E-state index in [4.69, 9.17) is 14.2 Å². The molecule has 1 N–H and O–H groups in total. The first kappa shape index (κ1) is 21.9. The summed E-state index contributed by atoms with van der Waals surface area (Å²) in [7, 11) is 0. The molecule has 8 nitrogen and oxygen atoms in total. The Bertz CT molecular complexity index is 1250. The zero-order chi connectivity index (χ0) is 23.3. The second-order valence-corrected chi connectivity index (χ2v) is 8.01. The van der Waals surface area contributed by atoms with E-state index in [9.17, 15) is 4.79 Å². The SMILES string of the molecule is CC(Oc1ccc2c(c1)ncn2-c1ccc(NC(=O)Oc2ccccc2)cc1)N1CCOCC1. The fourth-order valence-corrected chi connectivity index (χ4v) is 3.93. The lowest BCUT2D eigenvalue weighted by atomic mass is 10.2.